The summed E-state index contributed by atoms with van der Waals surface area (Å²) < 4.78 is 5.52. The molecule has 2 aromatic carbocycles. The topological polar surface area (TPSA) is 50.4 Å². The monoisotopic (exact) mass is 366 g/mol. The Bertz CT molecular complexity index is 982. The number of aromatic hydroxyl groups is 1. The van der Waals surface area contributed by atoms with E-state index in [-0.39, 0.29) is 10.6 Å². The lowest BCUT2D eigenvalue weighted by atomic mass is 10.0. The molecule has 0 aliphatic heterocycles. The van der Waals surface area contributed by atoms with E-state index in [1.807, 2.05) is 50.2 Å². The zero-order valence-electron chi connectivity index (χ0n) is 15.4. The van der Waals surface area contributed by atoms with Crippen molar-refractivity contribution < 1.29 is 9.52 Å². The maximum absolute atomic E-state index is 12.5. The smallest absolute Gasteiger partial charge is 0.354 e. The van der Waals surface area contributed by atoms with Gasteiger partial charge in [0.2, 0.25) is 0 Å². The van der Waals surface area contributed by atoms with Gasteiger partial charge >= 0.3 is 5.63 Å². The van der Waals surface area contributed by atoms with Crippen LogP contribution < -0.4 is 5.63 Å². The van der Waals surface area contributed by atoms with Crippen molar-refractivity contribution in [2.75, 3.05) is 0 Å². The highest BCUT2D eigenvalue weighted by molar-refractivity contribution is 7.99. The molecule has 1 heterocycles. The molecule has 0 bridgehead atoms. The Kier molecular flexibility index (Phi) is 5.23. The Morgan fingerprint density at radius 3 is 2.27 bits per heavy atom. The van der Waals surface area contributed by atoms with E-state index < -0.39 is 5.63 Å². The van der Waals surface area contributed by atoms with Crippen molar-refractivity contribution in [3.63, 3.8) is 0 Å². The zero-order chi connectivity index (χ0) is 18.8. The summed E-state index contributed by atoms with van der Waals surface area (Å²) in [5, 5.41) is 10.5. The molecule has 0 atom stereocenters. The second-order valence-corrected chi connectivity index (χ2v) is 7.84. The van der Waals surface area contributed by atoms with Gasteiger partial charge in [-0.1, -0.05) is 61.0 Å². The Hall–Kier alpha value is -2.46. The lowest BCUT2D eigenvalue weighted by Gasteiger charge is -2.12. The van der Waals surface area contributed by atoms with E-state index in [1.54, 1.807) is 0 Å². The summed E-state index contributed by atoms with van der Waals surface area (Å²) in [6.45, 7) is 8.18. The summed E-state index contributed by atoms with van der Waals surface area (Å²) >= 11 is 1.25. The first kappa shape index (κ1) is 18.3. The second-order valence-electron chi connectivity index (χ2n) is 6.78. The van der Waals surface area contributed by atoms with Gasteiger partial charge in [0.05, 0.1) is 0 Å². The minimum atomic E-state index is -0.525. The fraction of sp³-hybridized carbons (Fsp3) is 0.227. The molecule has 1 N–H and O–H groups in total. The highest BCUT2D eigenvalue weighted by atomic mass is 32.2. The van der Waals surface area contributed by atoms with E-state index in [4.69, 9.17) is 4.42 Å². The molecule has 0 saturated carbocycles. The number of hydrogen-bond acceptors (Lipinski definition) is 4. The van der Waals surface area contributed by atoms with Crippen LogP contribution in [-0.2, 0) is 0 Å². The lowest BCUT2D eigenvalue weighted by Crippen LogP contribution is -2.03. The van der Waals surface area contributed by atoms with Crippen molar-refractivity contribution >= 4 is 11.8 Å². The number of hydrogen-bond donors (Lipinski definition) is 1. The predicted molar refractivity (Wildman–Crippen MR) is 106 cm³/mol. The highest BCUT2D eigenvalue weighted by Gasteiger charge is 2.16. The minimum Gasteiger partial charge on any atom is -0.506 e. The highest BCUT2D eigenvalue weighted by Crippen LogP contribution is 2.37. The molecule has 1 aromatic heterocycles. The van der Waals surface area contributed by atoms with Crippen LogP contribution in [0, 0.1) is 13.8 Å². The summed E-state index contributed by atoms with van der Waals surface area (Å²) in [6.07, 6.45) is 0. The van der Waals surface area contributed by atoms with Crippen LogP contribution in [0.1, 0.15) is 36.5 Å². The number of rotatable bonds is 4. The minimum absolute atomic E-state index is 0.0565. The fourth-order valence-corrected chi connectivity index (χ4v) is 4.06. The van der Waals surface area contributed by atoms with Gasteiger partial charge in [0.1, 0.15) is 16.4 Å². The van der Waals surface area contributed by atoms with Gasteiger partial charge in [-0.25, -0.2) is 4.79 Å². The third kappa shape index (κ3) is 3.86. The van der Waals surface area contributed by atoms with Gasteiger partial charge in [-0.15, -0.1) is 0 Å². The normalized spacial score (nSPS) is 11.1. The largest absolute Gasteiger partial charge is 0.506 e. The Morgan fingerprint density at radius 2 is 1.65 bits per heavy atom. The Morgan fingerprint density at radius 1 is 1.00 bits per heavy atom. The molecule has 0 aliphatic carbocycles. The van der Waals surface area contributed by atoms with Gasteiger partial charge in [-0.2, -0.15) is 0 Å². The molecular formula is C22H22O3S. The van der Waals surface area contributed by atoms with Crippen LogP contribution in [0.15, 0.2) is 67.5 Å². The molecule has 0 aliphatic rings. The van der Waals surface area contributed by atoms with Crippen molar-refractivity contribution in [1.29, 1.82) is 0 Å². The summed E-state index contributed by atoms with van der Waals surface area (Å²) in [7, 11) is 0. The van der Waals surface area contributed by atoms with Crippen LogP contribution >= 0.6 is 11.8 Å². The van der Waals surface area contributed by atoms with E-state index in [9.17, 15) is 9.90 Å². The molecule has 0 spiro atoms. The predicted octanol–water partition coefficient (Wildman–Crippen LogP) is 5.90. The van der Waals surface area contributed by atoms with E-state index >= 15 is 0 Å². The Balaban J connectivity index is 2.03. The van der Waals surface area contributed by atoms with Crippen LogP contribution in [-0.4, -0.2) is 5.11 Å². The van der Waals surface area contributed by atoms with Gasteiger partial charge < -0.3 is 9.52 Å². The van der Waals surface area contributed by atoms with Gasteiger partial charge in [0.25, 0.3) is 0 Å². The summed E-state index contributed by atoms with van der Waals surface area (Å²) in [5.74, 6) is 0.641. The maximum atomic E-state index is 12.5. The van der Waals surface area contributed by atoms with E-state index in [1.165, 1.54) is 17.8 Å². The maximum Gasteiger partial charge on any atom is 0.354 e. The van der Waals surface area contributed by atoms with Crippen molar-refractivity contribution in [2.45, 2.75) is 43.4 Å². The first-order valence-corrected chi connectivity index (χ1v) is 9.39. The molecule has 3 rings (SSSR count). The summed E-state index contributed by atoms with van der Waals surface area (Å²) in [4.78, 5) is 13.7. The van der Waals surface area contributed by atoms with E-state index in [0.717, 1.165) is 27.1 Å². The standard InChI is InChI=1S/C22H22O3S/c1-13(2)17-7-5-6-8-20(17)26-21-18(23)12-19(25-22(21)24)16-10-14(3)9-15(4)11-16/h5-13,23H,1-4H3. The van der Waals surface area contributed by atoms with Crippen LogP contribution in [0.5, 0.6) is 5.75 Å². The Labute approximate surface area is 157 Å². The van der Waals surface area contributed by atoms with Crippen LogP contribution in [0.4, 0.5) is 0 Å². The third-order valence-electron chi connectivity index (χ3n) is 4.15. The van der Waals surface area contributed by atoms with Crippen molar-refractivity contribution in [3.8, 4) is 17.1 Å². The van der Waals surface area contributed by atoms with E-state index in [2.05, 4.69) is 19.9 Å². The molecule has 0 saturated heterocycles. The molecule has 0 amide bonds. The zero-order valence-corrected chi connectivity index (χ0v) is 16.2. The molecule has 4 heteroatoms. The molecular weight excluding hydrogens is 344 g/mol. The van der Waals surface area contributed by atoms with E-state index in [0.29, 0.717) is 11.7 Å². The lowest BCUT2D eigenvalue weighted by molar-refractivity contribution is 0.430. The van der Waals surface area contributed by atoms with Gasteiger partial charge in [0, 0.05) is 16.5 Å². The average Bonchev–Trinajstić information content (AvgIpc) is 2.57. The first-order chi connectivity index (χ1) is 12.3. The van der Waals surface area contributed by atoms with Gasteiger partial charge in [0.15, 0.2) is 0 Å². The molecule has 0 unspecified atom stereocenters. The number of aryl methyl sites for hydroxylation is 2. The fourth-order valence-electron chi connectivity index (χ4n) is 2.98. The molecule has 0 fully saturated rings. The summed E-state index contributed by atoms with van der Waals surface area (Å²) in [5.41, 5.74) is 3.55. The quantitative estimate of drug-likeness (QED) is 0.624. The molecule has 0 radical (unpaired) electrons. The third-order valence-corrected chi connectivity index (χ3v) is 5.32. The number of benzene rings is 2. The molecule has 3 nitrogen and oxygen atoms in total. The van der Waals surface area contributed by atoms with Crippen molar-refractivity contribution in [3.05, 3.63) is 75.6 Å². The van der Waals surface area contributed by atoms with Crippen LogP contribution in [0.3, 0.4) is 0 Å². The SMILES string of the molecule is Cc1cc(C)cc(-c2cc(O)c(Sc3ccccc3C(C)C)c(=O)o2)c1. The summed E-state index contributed by atoms with van der Waals surface area (Å²) in [6, 6.07) is 15.3. The second kappa shape index (κ2) is 7.42. The van der Waals surface area contributed by atoms with Crippen LogP contribution in [0.2, 0.25) is 0 Å². The van der Waals surface area contributed by atoms with Gasteiger partial charge in [-0.05, 0) is 43.5 Å². The van der Waals surface area contributed by atoms with Crippen molar-refractivity contribution in [2.24, 2.45) is 0 Å². The molecule has 26 heavy (non-hydrogen) atoms. The van der Waals surface area contributed by atoms with Gasteiger partial charge in [-0.3, -0.25) is 0 Å². The van der Waals surface area contributed by atoms with Crippen LogP contribution in [0.25, 0.3) is 11.3 Å². The van der Waals surface area contributed by atoms with Crippen molar-refractivity contribution in [1.82, 2.24) is 0 Å². The first-order valence-electron chi connectivity index (χ1n) is 8.57. The average molecular weight is 366 g/mol. The molecule has 134 valence electrons. The molecule has 3 aromatic rings.